The van der Waals surface area contributed by atoms with Gasteiger partial charge in [0.2, 0.25) is 0 Å². The van der Waals surface area contributed by atoms with E-state index in [0.717, 1.165) is 50.6 Å². The van der Waals surface area contributed by atoms with Crippen molar-refractivity contribution >= 4 is 17.5 Å². The van der Waals surface area contributed by atoms with Crippen LogP contribution in [0.3, 0.4) is 0 Å². The van der Waals surface area contributed by atoms with Gasteiger partial charge in [-0.25, -0.2) is 13.6 Å². The molecule has 1 heterocycles. The van der Waals surface area contributed by atoms with Gasteiger partial charge in [-0.2, -0.15) is 0 Å². The molecule has 0 atom stereocenters. The van der Waals surface area contributed by atoms with Crippen LogP contribution in [0.2, 0.25) is 0 Å². The van der Waals surface area contributed by atoms with Crippen LogP contribution in [0.5, 0.6) is 5.75 Å². The Labute approximate surface area is 188 Å². The minimum Gasteiger partial charge on any atom is -0.494 e. The van der Waals surface area contributed by atoms with Crippen molar-refractivity contribution < 1.29 is 23.0 Å². The van der Waals surface area contributed by atoms with Crippen molar-refractivity contribution in [3.63, 3.8) is 0 Å². The molecule has 1 saturated heterocycles. The van der Waals surface area contributed by atoms with E-state index in [4.69, 9.17) is 9.47 Å². The molecule has 0 aliphatic carbocycles. The zero-order valence-corrected chi connectivity index (χ0v) is 18.9. The van der Waals surface area contributed by atoms with E-state index >= 15 is 0 Å². The number of nitrogens with zero attached hydrogens (tertiary/aromatic N) is 2. The molecule has 1 amide bonds. The number of hydrogen-bond acceptors (Lipinski definition) is 5. The number of anilines is 2. The number of nitrogens with one attached hydrogen (secondary N) is 1. The predicted octanol–water partition coefficient (Wildman–Crippen LogP) is 4.90. The van der Waals surface area contributed by atoms with Gasteiger partial charge in [0.1, 0.15) is 11.4 Å². The lowest BCUT2D eigenvalue weighted by molar-refractivity contribution is 0.0636. The summed E-state index contributed by atoms with van der Waals surface area (Å²) < 4.78 is 37.6. The zero-order valence-electron chi connectivity index (χ0n) is 18.9. The second-order valence-corrected chi connectivity index (χ2v) is 8.78. The lowest BCUT2D eigenvalue weighted by atomic mass is 10.2. The Morgan fingerprint density at radius 1 is 1.00 bits per heavy atom. The van der Waals surface area contributed by atoms with Gasteiger partial charge in [-0.1, -0.05) is 0 Å². The summed E-state index contributed by atoms with van der Waals surface area (Å²) in [5.41, 5.74) is 0.820. The highest BCUT2D eigenvalue weighted by molar-refractivity contribution is 5.84. The molecule has 2 aromatic carbocycles. The molecule has 1 N–H and O–H groups in total. The lowest BCUT2D eigenvalue weighted by Gasteiger charge is -2.36. The Morgan fingerprint density at radius 2 is 1.69 bits per heavy atom. The van der Waals surface area contributed by atoms with Crippen molar-refractivity contribution in [3.8, 4) is 5.75 Å². The highest BCUT2D eigenvalue weighted by Gasteiger charge is 2.18. The molecule has 3 rings (SSSR count). The summed E-state index contributed by atoms with van der Waals surface area (Å²) >= 11 is 0. The Bertz CT molecular complexity index is 892. The number of hydrogen-bond donors (Lipinski definition) is 1. The molecule has 8 heteroatoms. The first kappa shape index (κ1) is 23.8. The molecule has 0 unspecified atom stereocenters. The van der Waals surface area contributed by atoms with Crippen molar-refractivity contribution in [2.24, 2.45) is 0 Å². The normalized spacial score (nSPS) is 14.8. The number of benzene rings is 2. The second-order valence-electron chi connectivity index (χ2n) is 8.78. The summed E-state index contributed by atoms with van der Waals surface area (Å²) in [6, 6.07) is 11.2. The summed E-state index contributed by atoms with van der Waals surface area (Å²) in [7, 11) is 0. The third kappa shape index (κ3) is 7.37. The molecular formula is C24H31F2N3O3. The van der Waals surface area contributed by atoms with Gasteiger partial charge in [-0.15, -0.1) is 0 Å². The maximum Gasteiger partial charge on any atom is 0.412 e. The van der Waals surface area contributed by atoms with Crippen molar-refractivity contribution in [3.05, 3.63) is 54.1 Å². The van der Waals surface area contributed by atoms with Gasteiger partial charge in [0.25, 0.3) is 0 Å². The first-order valence-electron chi connectivity index (χ1n) is 10.8. The van der Waals surface area contributed by atoms with E-state index in [9.17, 15) is 13.6 Å². The van der Waals surface area contributed by atoms with E-state index in [1.165, 1.54) is 12.1 Å². The number of piperazine rings is 1. The number of rotatable bonds is 7. The molecule has 174 valence electrons. The molecule has 1 aliphatic rings. The molecule has 6 nitrogen and oxygen atoms in total. The van der Waals surface area contributed by atoms with Crippen LogP contribution in [0.1, 0.15) is 27.2 Å². The number of ether oxygens (including phenoxy) is 2. The summed E-state index contributed by atoms with van der Waals surface area (Å²) in [6.07, 6.45) is 0.388. The van der Waals surface area contributed by atoms with Crippen LogP contribution in [0.4, 0.5) is 25.0 Å². The quantitative estimate of drug-likeness (QED) is 0.612. The standard InChI is InChI=1S/C24H31F2N3O3/c1-24(2,3)32-23(30)27-18-5-8-20(9-6-18)31-16-4-11-28-12-14-29(15-13-28)19-7-10-21(25)22(26)17-19/h5-10,17H,4,11-16H2,1-3H3,(H,27,30). The fourth-order valence-electron chi connectivity index (χ4n) is 3.45. The van der Waals surface area contributed by atoms with Crippen molar-refractivity contribution in [2.45, 2.75) is 32.8 Å². The van der Waals surface area contributed by atoms with Gasteiger partial charge in [0.15, 0.2) is 11.6 Å². The van der Waals surface area contributed by atoms with Crippen LogP contribution in [-0.2, 0) is 4.74 Å². The van der Waals surface area contributed by atoms with Crippen LogP contribution < -0.4 is 15.0 Å². The first-order chi connectivity index (χ1) is 15.2. The first-order valence-corrected chi connectivity index (χ1v) is 10.8. The Morgan fingerprint density at radius 3 is 2.31 bits per heavy atom. The van der Waals surface area contributed by atoms with Crippen molar-refractivity contribution in [2.75, 3.05) is 49.5 Å². The average Bonchev–Trinajstić information content (AvgIpc) is 2.73. The van der Waals surface area contributed by atoms with Gasteiger partial charge >= 0.3 is 6.09 Å². The molecule has 32 heavy (non-hydrogen) atoms. The van der Waals surface area contributed by atoms with Crippen LogP contribution in [0.25, 0.3) is 0 Å². The lowest BCUT2D eigenvalue weighted by Crippen LogP contribution is -2.46. The second kappa shape index (κ2) is 10.6. The molecule has 0 spiro atoms. The monoisotopic (exact) mass is 447 g/mol. The summed E-state index contributed by atoms with van der Waals surface area (Å²) in [4.78, 5) is 16.2. The molecule has 0 saturated carbocycles. The highest BCUT2D eigenvalue weighted by atomic mass is 19.2. The number of carbonyl (C=O) groups excluding carboxylic acids is 1. The molecule has 1 aliphatic heterocycles. The van der Waals surface area contributed by atoms with Gasteiger partial charge in [-0.05, 0) is 63.6 Å². The van der Waals surface area contributed by atoms with Gasteiger partial charge in [-0.3, -0.25) is 10.2 Å². The van der Waals surface area contributed by atoms with Crippen LogP contribution in [0.15, 0.2) is 42.5 Å². The minimum atomic E-state index is -0.818. The maximum atomic E-state index is 13.4. The highest BCUT2D eigenvalue weighted by Crippen LogP contribution is 2.20. The molecule has 1 fully saturated rings. The fourth-order valence-corrected chi connectivity index (χ4v) is 3.45. The van der Waals surface area contributed by atoms with E-state index in [-0.39, 0.29) is 0 Å². The smallest absolute Gasteiger partial charge is 0.412 e. The minimum absolute atomic E-state index is 0.490. The number of carbonyl (C=O) groups is 1. The molecule has 0 radical (unpaired) electrons. The Hall–Kier alpha value is -2.87. The van der Waals surface area contributed by atoms with E-state index in [1.54, 1.807) is 18.2 Å². The molecule has 0 bridgehead atoms. The van der Waals surface area contributed by atoms with Gasteiger partial charge in [0.05, 0.1) is 6.61 Å². The number of amides is 1. The Balaban J connectivity index is 1.33. The van der Waals surface area contributed by atoms with Crippen LogP contribution >= 0.6 is 0 Å². The molecule has 2 aromatic rings. The zero-order chi connectivity index (χ0) is 23.1. The van der Waals surface area contributed by atoms with E-state index in [2.05, 4.69) is 15.1 Å². The largest absolute Gasteiger partial charge is 0.494 e. The van der Waals surface area contributed by atoms with Crippen LogP contribution in [0, 0.1) is 11.6 Å². The fraction of sp³-hybridized carbons (Fsp3) is 0.458. The SMILES string of the molecule is CC(C)(C)OC(=O)Nc1ccc(OCCCN2CCN(c3ccc(F)c(F)c3)CC2)cc1. The van der Waals surface area contributed by atoms with E-state index < -0.39 is 23.3 Å². The van der Waals surface area contributed by atoms with E-state index in [1.807, 2.05) is 32.9 Å². The van der Waals surface area contributed by atoms with Crippen molar-refractivity contribution in [1.82, 2.24) is 4.90 Å². The topological polar surface area (TPSA) is 54.0 Å². The number of halogens is 2. The average molecular weight is 448 g/mol. The Kier molecular flexibility index (Phi) is 7.90. The third-order valence-electron chi connectivity index (χ3n) is 5.03. The predicted molar refractivity (Wildman–Crippen MR) is 121 cm³/mol. The van der Waals surface area contributed by atoms with Gasteiger partial charge < -0.3 is 14.4 Å². The molecule has 0 aromatic heterocycles. The third-order valence-corrected chi connectivity index (χ3v) is 5.03. The van der Waals surface area contributed by atoms with Gasteiger partial charge in [0, 0.05) is 50.2 Å². The van der Waals surface area contributed by atoms with Crippen LogP contribution in [-0.4, -0.2) is 55.9 Å². The maximum absolute atomic E-state index is 13.4. The summed E-state index contributed by atoms with van der Waals surface area (Å²) in [6.45, 7) is 10.2. The van der Waals surface area contributed by atoms with E-state index in [0.29, 0.717) is 12.3 Å². The summed E-state index contributed by atoms with van der Waals surface area (Å²) in [5.74, 6) is -0.889. The van der Waals surface area contributed by atoms with Crippen molar-refractivity contribution in [1.29, 1.82) is 0 Å². The summed E-state index contributed by atoms with van der Waals surface area (Å²) in [5, 5.41) is 2.69. The molecular weight excluding hydrogens is 416 g/mol.